The number of nitrogens with zero attached hydrogens (tertiary/aromatic N) is 1. The number of carboxylic acids is 1. The Morgan fingerprint density at radius 1 is 0.600 bits per heavy atom. The average molecular weight is 430 g/mol. The van der Waals surface area contributed by atoms with Crippen molar-refractivity contribution < 1.29 is 39.5 Å². The Morgan fingerprint density at radius 3 is 1.20 bits per heavy atom. The zero-order valence-electron chi connectivity index (χ0n) is 20.2. The first kappa shape index (κ1) is 32.1. The van der Waals surface area contributed by atoms with Crippen LogP contribution in [-0.2, 0) is 4.79 Å². The van der Waals surface area contributed by atoms with Crippen LogP contribution in [0.4, 0.5) is 0 Å². The van der Waals surface area contributed by atoms with Crippen LogP contribution in [0, 0.1) is 0 Å². The van der Waals surface area contributed by atoms with Gasteiger partial charge in [0, 0.05) is 6.54 Å². The Kier molecular flexibility index (Phi) is 28.8. The van der Waals surface area contributed by atoms with Gasteiger partial charge in [-0.3, -0.25) is 4.90 Å². The van der Waals surface area contributed by atoms with E-state index in [1.54, 1.807) is 0 Å². The van der Waals surface area contributed by atoms with Crippen LogP contribution in [0.25, 0.3) is 0 Å². The topological polar surface area (TPSA) is 43.4 Å². The number of aliphatic carboxylic acids is 1. The Morgan fingerprint density at radius 2 is 0.900 bits per heavy atom. The number of carbonyl (C=O) groups excluding carboxylic acids is 1. The van der Waals surface area contributed by atoms with Gasteiger partial charge in [0.15, 0.2) is 0 Å². The van der Waals surface area contributed by atoms with Crippen molar-refractivity contribution >= 4 is 5.97 Å². The summed E-state index contributed by atoms with van der Waals surface area (Å²) in [5.41, 5.74) is 0. The van der Waals surface area contributed by atoms with E-state index in [4.69, 9.17) is 0 Å². The number of allylic oxidation sites excluding steroid dienone is 2. The van der Waals surface area contributed by atoms with Gasteiger partial charge >= 0.3 is 29.6 Å². The minimum absolute atomic E-state index is 0. The van der Waals surface area contributed by atoms with Crippen molar-refractivity contribution in [3.05, 3.63) is 25.3 Å². The molecule has 0 spiro atoms. The molecule has 0 aliphatic rings. The molecule has 0 saturated heterocycles. The summed E-state index contributed by atoms with van der Waals surface area (Å²) < 4.78 is 0. The van der Waals surface area contributed by atoms with Crippen LogP contribution in [0.3, 0.4) is 0 Å². The van der Waals surface area contributed by atoms with E-state index in [0.717, 1.165) is 38.8 Å². The second-order valence-electron chi connectivity index (χ2n) is 8.46. The van der Waals surface area contributed by atoms with Crippen molar-refractivity contribution in [3.63, 3.8) is 0 Å². The van der Waals surface area contributed by atoms with Gasteiger partial charge in [0.1, 0.15) is 0 Å². The number of hydrogen-bond donors (Lipinski definition) is 0. The van der Waals surface area contributed by atoms with E-state index >= 15 is 0 Å². The first-order valence-electron chi connectivity index (χ1n) is 12.3. The molecule has 0 radical (unpaired) electrons. The minimum Gasteiger partial charge on any atom is -0.549 e. The van der Waals surface area contributed by atoms with Gasteiger partial charge in [-0.2, -0.15) is 0 Å². The monoisotopic (exact) mass is 429 g/mol. The summed E-state index contributed by atoms with van der Waals surface area (Å²) in [4.78, 5) is 13.1. The van der Waals surface area contributed by atoms with Crippen LogP contribution in [0.5, 0.6) is 0 Å². The van der Waals surface area contributed by atoms with Crippen molar-refractivity contribution in [3.8, 4) is 0 Å². The molecule has 0 amide bonds. The summed E-state index contributed by atoms with van der Waals surface area (Å²) >= 11 is 0. The second kappa shape index (κ2) is 26.9. The molecule has 4 heteroatoms. The smallest absolute Gasteiger partial charge is 0.549 e. The number of carbonyl (C=O) groups is 1. The molecule has 3 nitrogen and oxygen atoms in total. The van der Waals surface area contributed by atoms with Gasteiger partial charge in [-0.25, -0.2) is 0 Å². The fourth-order valence-corrected chi connectivity index (χ4v) is 3.82. The summed E-state index contributed by atoms with van der Waals surface area (Å²) in [6, 6.07) is 0. The third-order valence-electron chi connectivity index (χ3n) is 5.62. The molecule has 0 rings (SSSR count). The molecule has 0 aromatic heterocycles. The van der Waals surface area contributed by atoms with E-state index < -0.39 is 5.97 Å². The predicted molar refractivity (Wildman–Crippen MR) is 125 cm³/mol. The number of carboxylic acid groups (broad SMARTS) is 1. The molecular formula is C26H48NNaO2. The zero-order valence-corrected chi connectivity index (χ0v) is 22.2. The van der Waals surface area contributed by atoms with Gasteiger partial charge in [0.05, 0.1) is 5.97 Å². The number of rotatable bonds is 24. The summed E-state index contributed by atoms with van der Waals surface area (Å²) in [5, 5.41) is 11.0. The standard InChI is InChI=1S/C26H49NO2.Na/c1-3-5-7-9-11-13-15-17-19-21-23-27(25-26(28)29)24-22-20-18-16-14-12-10-8-6-4-2;/h3-4H,1-2,5-25H2,(H,28,29);/q;+1/p-1. The largest absolute Gasteiger partial charge is 1.00 e. The van der Waals surface area contributed by atoms with Crippen molar-refractivity contribution in [2.75, 3.05) is 19.6 Å². The number of unbranched alkanes of at least 4 members (excludes halogenated alkanes) is 16. The molecule has 0 heterocycles. The van der Waals surface area contributed by atoms with E-state index in [9.17, 15) is 9.90 Å². The summed E-state index contributed by atoms with van der Waals surface area (Å²) in [7, 11) is 0. The summed E-state index contributed by atoms with van der Waals surface area (Å²) in [5.74, 6) is -0.941. The van der Waals surface area contributed by atoms with Crippen molar-refractivity contribution in [2.45, 2.75) is 116 Å². The SMILES string of the molecule is C=CCCCCCCCCCCN(CCCCCCCCCCC=C)CC(=O)[O-].[Na+]. The molecule has 0 aliphatic carbocycles. The maximum atomic E-state index is 11.0. The molecule has 0 aromatic rings. The van der Waals surface area contributed by atoms with Gasteiger partial charge in [-0.1, -0.05) is 89.2 Å². The summed E-state index contributed by atoms with van der Waals surface area (Å²) in [6.07, 6.45) is 26.6. The Bertz CT molecular complexity index is 359. The zero-order chi connectivity index (χ0) is 21.4. The first-order chi connectivity index (χ1) is 14.2. The molecule has 0 atom stereocenters. The third-order valence-corrected chi connectivity index (χ3v) is 5.62. The average Bonchev–Trinajstić information content (AvgIpc) is 2.70. The fourth-order valence-electron chi connectivity index (χ4n) is 3.82. The van der Waals surface area contributed by atoms with Crippen molar-refractivity contribution in [1.82, 2.24) is 4.90 Å². The molecule has 30 heavy (non-hydrogen) atoms. The molecule has 0 bridgehead atoms. The van der Waals surface area contributed by atoms with Crippen LogP contribution < -0.4 is 34.7 Å². The molecule has 0 N–H and O–H groups in total. The van der Waals surface area contributed by atoms with E-state index in [-0.39, 0.29) is 36.1 Å². The molecular weight excluding hydrogens is 381 g/mol. The van der Waals surface area contributed by atoms with Crippen molar-refractivity contribution in [2.24, 2.45) is 0 Å². The summed E-state index contributed by atoms with van der Waals surface area (Å²) in [6.45, 7) is 9.41. The van der Waals surface area contributed by atoms with Crippen LogP contribution in [-0.4, -0.2) is 30.5 Å². The van der Waals surface area contributed by atoms with Crippen LogP contribution >= 0.6 is 0 Å². The molecule has 0 unspecified atom stereocenters. The maximum absolute atomic E-state index is 11.0. The van der Waals surface area contributed by atoms with Crippen LogP contribution in [0.2, 0.25) is 0 Å². The Balaban J connectivity index is 0. The molecule has 0 saturated carbocycles. The predicted octanol–water partition coefficient (Wildman–Crippen LogP) is 3.44. The normalized spacial score (nSPS) is 10.7. The van der Waals surface area contributed by atoms with Gasteiger partial charge < -0.3 is 9.90 Å². The van der Waals surface area contributed by atoms with Crippen LogP contribution in [0.1, 0.15) is 116 Å². The molecule has 0 aliphatic heterocycles. The van der Waals surface area contributed by atoms with Crippen LogP contribution in [0.15, 0.2) is 25.3 Å². The Labute approximate surface area is 210 Å². The van der Waals surface area contributed by atoms with Gasteiger partial charge in [-0.05, 0) is 51.6 Å². The fraction of sp³-hybridized carbons (Fsp3) is 0.808. The minimum atomic E-state index is -0.941. The molecule has 170 valence electrons. The Hall–Kier alpha value is -0.0900. The van der Waals surface area contributed by atoms with E-state index in [2.05, 4.69) is 18.1 Å². The third kappa shape index (κ3) is 25.9. The van der Waals surface area contributed by atoms with Gasteiger partial charge in [0.2, 0.25) is 0 Å². The van der Waals surface area contributed by atoms with E-state index in [1.807, 2.05) is 12.2 Å². The number of hydrogen-bond acceptors (Lipinski definition) is 3. The second-order valence-corrected chi connectivity index (χ2v) is 8.46. The first-order valence-corrected chi connectivity index (χ1v) is 12.3. The molecule has 0 aromatic carbocycles. The molecule has 0 fully saturated rings. The van der Waals surface area contributed by atoms with Gasteiger partial charge in [-0.15, -0.1) is 13.2 Å². The quantitative estimate of drug-likeness (QED) is 0.134. The van der Waals surface area contributed by atoms with Crippen molar-refractivity contribution in [1.29, 1.82) is 0 Å². The maximum Gasteiger partial charge on any atom is 1.00 e. The van der Waals surface area contributed by atoms with E-state index in [0.29, 0.717) is 0 Å². The van der Waals surface area contributed by atoms with E-state index in [1.165, 1.54) is 89.9 Å². The van der Waals surface area contributed by atoms with Gasteiger partial charge in [0.25, 0.3) is 0 Å².